The Balaban J connectivity index is 1.60. The van der Waals surface area contributed by atoms with E-state index in [1.54, 1.807) is 0 Å². The monoisotopic (exact) mass is 312 g/mol. The largest absolute Gasteiger partial charge is 0.355 e. The third-order valence-electron chi connectivity index (χ3n) is 5.44. The summed E-state index contributed by atoms with van der Waals surface area (Å²) in [6.45, 7) is 6.04. The van der Waals surface area contributed by atoms with E-state index in [0.29, 0.717) is 11.6 Å². The summed E-state index contributed by atoms with van der Waals surface area (Å²) in [5, 5.41) is 13.3. The molecule has 0 aromatic carbocycles. The quantitative estimate of drug-likeness (QED) is 0.928. The molecular formula is C19H28N4. The highest BCUT2D eigenvalue weighted by molar-refractivity contribution is 5.56. The van der Waals surface area contributed by atoms with E-state index in [0.717, 1.165) is 49.0 Å². The second kappa shape index (κ2) is 7.31. The van der Waals surface area contributed by atoms with Crippen LogP contribution in [0.25, 0.3) is 0 Å². The van der Waals surface area contributed by atoms with Crippen molar-refractivity contribution >= 4 is 5.82 Å². The van der Waals surface area contributed by atoms with Crippen LogP contribution in [0, 0.1) is 25.2 Å². The van der Waals surface area contributed by atoms with Crippen molar-refractivity contribution in [2.45, 2.75) is 70.9 Å². The molecular weight excluding hydrogens is 284 g/mol. The normalized spacial score (nSPS) is 20.5. The van der Waals surface area contributed by atoms with Gasteiger partial charge < -0.3 is 10.2 Å². The Kier molecular flexibility index (Phi) is 5.17. The Bertz CT molecular complexity index is 576. The lowest BCUT2D eigenvalue weighted by Crippen LogP contribution is -2.47. The van der Waals surface area contributed by atoms with E-state index in [2.05, 4.69) is 16.3 Å². The molecule has 1 aliphatic carbocycles. The van der Waals surface area contributed by atoms with E-state index in [9.17, 15) is 5.26 Å². The number of nitriles is 1. The third-order valence-corrected chi connectivity index (χ3v) is 5.44. The van der Waals surface area contributed by atoms with Crippen molar-refractivity contribution in [2.24, 2.45) is 0 Å². The van der Waals surface area contributed by atoms with Crippen molar-refractivity contribution in [1.29, 1.82) is 5.26 Å². The molecule has 3 rings (SSSR count). The summed E-state index contributed by atoms with van der Waals surface area (Å²) in [5.74, 6) is 0.881. The van der Waals surface area contributed by atoms with Gasteiger partial charge in [-0.05, 0) is 51.2 Å². The first kappa shape index (κ1) is 16.3. The number of aryl methyl sites for hydroxylation is 2. The highest BCUT2D eigenvalue weighted by atomic mass is 15.2. The van der Waals surface area contributed by atoms with Gasteiger partial charge in [-0.15, -0.1) is 0 Å². The highest BCUT2D eigenvalue weighted by Gasteiger charge is 2.24. The summed E-state index contributed by atoms with van der Waals surface area (Å²) >= 11 is 0. The van der Waals surface area contributed by atoms with Crippen LogP contribution in [0.2, 0.25) is 0 Å². The summed E-state index contributed by atoms with van der Waals surface area (Å²) in [6, 6.07) is 5.66. The zero-order valence-electron chi connectivity index (χ0n) is 14.4. The summed E-state index contributed by atoms with van der Waals surface area (Å²) in [5.41, 5.74) is 2.84. The first-order valence-corrected chi connectivity index (χ1v) is 9.06. The number of aromatic nitrogens is 1. The molecule has 1 saturated carbocycles. The summed E-state index contributed by atoms with van der Waals surface area (Å²) in [7, 11) is 0. The number of piperidine rings is 1. The maximum absolute atomic E-state index is 9.40. The maximum Gasteiger partial charge on any atom is 0.146 e. The van der Waals surface area contributed by atoms with Crippen molar-refractivity contribution in [3.05, 3.63) is 22.9 Å². The average molecular weight is 312 g/mol. The molecule has 1 aromatic heterocycles. The van der Waals surface area contributed by atoms with Gasteiger partial charge in [0, 0.05) is 30.9 Å². The van der Waals surface area contributed by atoms with Gasteiger partial charge in [-0.2, -0.15) is 5.26 Å². The van der Waals surface area contributed by atoms with E-state index >= 15 is 0 Å². The van der Waals surface area contributed by atoms with Crippen LogP contribution in [-0.4, -0.2) is 30.2 Å². The summed E-state index contributed by atoms with van der Waals surface area (Å²) in [4.78, 5) is 6.99. The number of nitrogens with one attached hydrogen (secondary N) is 1. The van der Waals surface area contributed by atoms with Crippen LogP contribution >= 0.6 is 0 Å². The van der Waals surface area contributed by atoms with Crippen LogP contribution in [0.4, 0.5) is 5.82 Å². The second-order valence-electron chi connectivity index (χ2n) is 7.14. The third kappa shape index (κ3) is 3.84. The molecule has 0 radical (unpaired) electrons. The minimum atomic E-state index is 0.631. The Labute approximate surface area is 139 Å². The number of pyridine rings is 1. The van der Waals surface area contributed by atoms with Crippen molar-refractivity contribution in [2.75, 3.05) is 18.0 Å². The molecule has 1 aliphatic heterocycles. The van der Waals surface area contributed by atoms with Gasteiger partial charge in [-0.25, -0.2) is 4.98 Å². The lowest BCUT2D eigenvalue weighted by atomic mass is 9.93. The fourth-order valence-corrected chi connectivity index (χ4v) is 3.88. The first-order valence-electron chi connectivity index (χ1n) is 9.06. The number of hydrogen-bond acceptors (Lipinski definition) is 4. The molecule has 0 atom stereocenters. The molecule has 23 heavy (non-hydrogen) atoms. The highest BCUT2D eigenvalue weighted by Crippen LogP contribution is 2.25. The first-order chi connectivity index (χ1) is 11.2. The van der Waals surface area contributed by atoms with Gasteiger partial charge in [-0.3, -0.25) is 0 Å². The fraction of sp³-hybridized carbons (Fsp3) is 0.684. The van der Waals surface area contributed by atoms with Gasteiger partial charge in [0.15, 0.2) is 0 Å². The average Bonchev–Trinajstić information content (AvgIpc) is 2.58. The van der Waals surface area contributed by atoms with Crippen LogP contribution < -0.4 is 10.2 Å². The molecule has 1 aromatic rings. The molecule has 0 bridgehead atoms. The standard InChI is InChI=1S/C19H28N4/c1-14-12-16(13-20)19(21-15(14)2)23-10-8-18(9-11-23)22-17-6-4-3-5-7-17/h12,17-18,22H,3-11H2,1-2H3. The second-order valence-corrected chi connectivity index (χ2v) is 7.14. The molecule has 0 spiro atoms. The molecule has 1 N–H and O–H groups in total. The molecule has 2 aliphatic rings. The smallest absolute Gasteiger partial charge is 0.146 e. The molecule has 4 heteroatoms. The van der Waals surface area contributed by atoms with Gasteiger partial charge in [0.25, 0.3) is 0 Å². The predicted molar refractivity (Wildman–Crippen MR) is 93.7 cm³/mol. The van der Waals surface area contributed by atoms with Gasteiger partial charge >= 0.3 is 0 Å². The predicted octanol–water partition coefficient (Wildman–Crippen LogP) is 3.46. The number of rotatable bonds is 3. The molecule has 1 saturated heterocycles. The molecule has 0 amide bonds. The number of nitrogens with zero attached hydrogens (tertiary/aromatic N) is 3. The number of anilines is 1. The molecule has 0 unspecified atom stereocenters. The van der Waals surface area contributed by atoms with Gasteiger partial charge in [0.2, 0.25) is 0 Å². The zero-order valence-corrected chi connectivity index (χ0v) is 14.4. The van der Waals surface area contributed by atoms with E-state index in [4.69, 9.17) is 4.98 Å². The SMILES string of the molecule is Cc1cc(C#N)c(N2CCC(NC3CCCCC3)CC2)nc1C. The van der Waals surface area contributed by atoms with Crippen LogP contribution in [0.3, 0.4) is 0 Å². The van der Waals surface area contributed by atoms with Crippen molar-refractivity contribution < 1.29 is 0 Å². The maximum atomic E-state index is 9.40. The zero-order chi connectivity index (χ0) is 16.2. The minimum Gasteiger partial charge on any atom is -0.355 e. The van der Waals surface area contributed by atoms with E-state index < -0.39 is 0 Å². The Hall–Kier alpha value is -1.60. The Morgan fingerprint density at radius 2 is 1.74 bits per heavy atom. The molecule has 4 nitrogen and oxygen atoms in total. The van der Waals surface area contributed by atoms with Crippen molar-refractivity contribution in [3.8, 4) is 6.07 Å². The van der Waals surface area contributed by atoms with E-state index in [1.165, 1.54) is 32.1 Å². The van der Waals surface area contributed by atoms with Crippen molar-refractivity contribution in [1.82, 2.24) is 10.3 Å². The van der Waals surface area contributed by atoms with E-state index in [-0.39, 0.29) is 0 Å². The fourth-order valence-electron chi connectivity index (χ4n) is 3.88. The Morgan fingerprint density at radius 3 is 2.39 bits per heavy atom. The van der Waals surface area contributed by atoms with Crippen molar-refractivity contribution in [3.63, 3.8) is 0 Å². The van der Waals surface area contributed by atoms with Gasteiger partial charge in [-0.1, -0.05) is 19.3 Å². The Morgan fingerprint density at radius 1 is 1.09 bits per heavy atom. The van der Waals surface area contributed by atoms with Gasteiger partial charge in [0.1, 0.15) is 11.9 Å². The van der Waals surface area contributed by atoms with Gasteiger partial charge in [0.05, 0.1) is 5.56 Å². The van der Waals surface area contributed by atoms with Crippen LogP contribution in [-0.2, 0) is 0 Å². The summed E-state index contributed by atoms with van der Waals surface area (Å²) < 4.78 is 0. The van der Waals surface area contributed by atoms with E-state index in [1.807, 2.05) is 19.9 Å². The summed E-state index contributed by atoms with van der Waals surface area (Å²) in [6.07, 6.45) is 9.16. The minimum absolute atomic E-state index is 0.631. The molecule has 2 heterocycles. The number of hydrogen-bond donors (Lipinski definition) is 1. The van der Waals surface area contributed by atoms with Crippen LogP contribution in [0.5, 0.6) is 0 Å². The van der Waals surface area contributed by atoms with Crippen LogP contribution in [0.15, 0.2) is 6.07 Å². The van der Waals surface area contributed by atoms with Crippen LogP contribution in [0.1, 0.15) is 61.8 Å². The molecule has 2 fully saturated rings. The lowest BCUT2D eigenvalue weighted by Gasteiger charge is -2.36. The topological polar surface area (TPSA) is 52.0 Å². The lowest BCUT2D eigenvalue weighted by molar-refractivity contribution is 0.307. The molecule has 124 valence electrons.